The van der Waals surface area contributed by atoms with Crippen molar-refractivity contribution in [3.63, 3.8) is 0 Å². The molecule has 1 fully saturated rings. The first kappa shape index (κ1) is 19.6. The van der Waals surface area contributed by atoms with Gasteiger partial charge in [0.25, 0.3) is 0 Å². The van der Waals surface area contributed by atoms with Crippen LogP contribution in [-0.2, 0) is 4.79 Å². The van der Waals surface area contributed by atoms with E-state index in [-0.39, 0.29) is 37.1 Å². The molecule has 0 spiro atoms. The third-order valence-electron chi connectivity index (χ3n) is 5.84. The van der Waals surface area contributed by atoms with Crippen LogP contribution in [0.2, 0.25) is 0 Å². The molecule has 0 bridgehead atoms. The number of rotatable bonds is 6. The molecule has 7 nitrogen and oxygen atoms in total. The van der Waals surface area contributed by atoms with Crippen LogP contribution < -0.4 is 15.0 Å². The second-order valence-corrected chi connectivity index (χ2v) is 8.01. The van der Waals surface area contributed by atoms with Crippen molar-refractivity contribution in [2.75, 3.05) is 23.4 Å². The fraction of sp³-hybridized carbons (Fsp3) is 0.500. The Morgan fingerprint density at radius 1 is 1.34 bits per heavy atom. The molecule has 0 unspecified atom stereocenters. The molecule has 1 aromatic heterocycles. The molecule has 0 saturated heterocycles. The first-order valence-corrected chi connectivity index (χ1v) is 10.2. The molecule has 1 aliphatic heterocycles. The topological polar surface area (TPSA) is 87.6 Å². The maximum Gasteiger partial charge on any atom is 0.224 e. The number of nitrogens with one attached hydrogen (secondary N) is 1. The molecule has 1 saturated carbocycles. The highest BCUT2D eigenvalue weighted by Crippen LogP contribution is 2.50. The van der Waals surface area contributed by atoms with Crippen LogP contribution in [0.5, 0.6) is 5.75 Å². The van der Waals surface area contributed by atoms with E-state index in [4.69, 9.17) is 9.84 Å². The zero-order valence-electron chi connectivity index (χ0n) is 17.1. The average molecular weight is 396 g/mol. The quantitative estimate of drug-likeness (QED) is 0.780. The molecule has 1 aliphatic carbocycles. The van der Waals surface area contributed by atoms with E-state index in [9.17, 15) is 4.79 Å². The fourth-order valence-corrected chi connectivity index (χ4v) is 4.45. The molecule has 2 N–H and O–H groups in total. The van der Waals surface area contributed by atoms with Gasteiger partial charge < -0.3 is 20.1 Å². The Balaban J connectivity index is 1.77. The van der Waals surface area contributed by atoms with Crippen LogP contribution in [0.15, 0.2) is 30.5 Å². The molecule has 1 aromatic carbocycles. The largest absolute Gasteiger partial charge is 0.491 e. The average Bonchev–Trinajstić information content (AvgIpc) is 3.52. The van der Waals surface area contributed by atoms with Crippen molar-refractivity contribution in [2.45, 2.75) is 45.7 Å². The Kier molecular flexibility index (Phi) is 5.41. The van der Waals surface area contributed by atoms with Crippen LogP contribution in [0.25, 0.3) is 0 Å². The predicted octanol–water partition coefficient (Wildman–Crippen LogP) is 3.09. The zero-order valence-corrected chi connectivity index (χ0v) is 17.1. The van der Waals surface area contributed by atoms with Crippen molar-refractivity contribution in [1.82, 2.24) is 9.97 Å². The second-order valence-electron chi connectivity index (χ2n) is 8.01. The van der Waals surface area contributed by atoms with Crippen molar-refractivity contribution >= 4 is 17.5 Å². The summed E-state index contributed by atoms with van der Waals surface area (Å²) in [5.74, 6) is 2.02. The summed E-state index contributed by atoms with van der Waals surface area (Å²) in [4.78, 5) is 23.5. The number of nitrogens with zero attached hydrogens (tertiary/aromatic N) is 3. The van der Waals surface area contributed by atoms with E-state index in [2.05, 4.69) is 22.2 Å². The van der Waals surface area contributed by atoms with E-state index in [1.807, 2.05) is 36.1 Å². The SMILES string of the molecule is CC(=O)N1c2ccc(OCCO)cc2[C@H](Nc2nccc(C)n2)[C@@H](C)[C@@H]1C1CC1. The summed E-state index contributed by atoms with van der Waals surface area (Å²) in [6.45, 7) is 5.96. The lowest BCUT2D eigenvalue weighted by molar-refractivity contribution is -0.117. The summed E-state index contributed by atoms with van der Waals surface area (Å²) in [5, 5.41) is 12.6. The van der Waals surface area contributed by atoms with Crippen LogP contribution in [0.1, 0.15) is 44.0 Å². The number of aromatic nitrogens is 2. The van der Waals surface area contributed by atoms with Gasteiger partial charge in [-0.25, -0.2) is 9.97 Å². The van der Waals surface area contributed by atoms with Gasteiger partial charge in [-0.3, -0.25) is 4.79 Å². The standard InChI is InChI=1S/C22H28N4O3/c1-13-8-9-23-22(24-13)25-20-14(2)21(16-4-5-16)26(15(3)28)19-7-6-17(12-18(19)20)29-11-10-27/h6-9,12,14,16,20-21,27H,4-5,10-11H2,1-3H3,(H,23,24,25)/t14-,20-,21-/m1/s1. The van der Waals surface area contributed by atoms with Gasteiger partial charge in [0.1, 0.15) is 12.4 Å². The second kappa shape index (κ2) is 7.99. The third kappa shape index (κ3) is 3.92. The van der Waals surface area contributed by atoms with Crippen LogP contribution in [-0.4, -0.2) is 40.2 Å². The summed E-state index contributed by atoms with van der Waals surface area (Å²) >= 11 is 0. The molecular formula is C22H28N4O3. The summed E-state index contributed by atoms with van der Waals surface area (Å²) in [6.07, 6.45) is 4.05. The molecule has 154 valence electrons. The molecule has 2 aliphatic rings. The molecule has 3 atom stereocenters. The van der Waals surface area contributed by atoms with E-state index in [0.29, 0.717) is 17.6 Å². The maximum atomic E-state index is 12.6. The fourth-order valence-electron chi connectivity index (χ4n) is 4.45. The molecule has 4 rings (SSSR count). The lowest BCUT2D eigenvalue weighted by atomic mass is 9.80. The van der Waals surface area contributed by atoms with Gasteiger partial charge in [-0.05, 0) is 49.9 Å². The summed E-state index contributed by atoms with van der Waals surface area (Å²) in [7, 11) is 0. The minimum atomic E-state index is -0.0503. The number of aryl methyl sites for hydroxylation is 1. The molecule has 1 amide bonds. The first-order chi connectivity index (χ1) is 14.0. The summed E-state index contributed by atoms with van der Waals surface area (Å²) < 4.78 is 5.64. The van der Waals surface area contributed by atoms with Crippen molar-refractivity contribution in [2.24, 2.45) is 11.8 Å². The number of hydrogen-bond acceptors (Lipinski definition) is 6. The van der Waals surface area contributed by atoms with Crippen LogP contribution >= 0.6 is 0 Å². The van der Waals surface area contributed by atoms with Gasteiger partial charge in [-0.1, -0.05) is 6.92 Å². The molecular weight excluding hydrogens is 368 g/mol. The van der Waals surface area contributed by atoms with Gasteiger partial charge in [0.05, 0.1) is 12.6 Å². The number of hydrogen-bond donors (Lipinski definition) is 2. The number of carbonyl (C=O) groups excluding carboxylic acids is 1. The molecule has 0 radical (unpaired) electrons. The normalized spacial score (nSPS) is 23.4. The van der Waals surface area contributed by atoms with E-state index in [1.54, 1.807) is 13.1 Å². The van der Waals surface area contributed by atoms with E-state index in [0.717, 1.165) is 29.8 Å². The van der Waals surface area contributed by atoms with Gasteiger partial charge >= 0.3 is 0 Å². The minimum absolute atomic E-state index is 0.0460. The Hall–Kier alpha value is -2.67. The number of benzene rings is 1. The zero-order chi connectivity index (χ0) is 20.5. The minimum Gasteiger partial charge on any atom is -0.491 e. The van der Waals surface area contributed by atoms with Crippen molar-refractivity contribution in [3.8, 4) is 5.75 Å². The van der Waals surface area contributed by atoms with Gasteiger partial charge in [0, 0.05) is 42.0 Å². The molecule has 7 heteroatoms. The smallest absolute Gasteiger partial charge is 0.224 e. The number of aliphatic hydroxyl groups excluding tert-OH is 1. The monoisotopic (exact) mass is 396 g/mol. The highest BCUT2D eigenvalue weighted by atomic mass is 16.5. The number of ether oxygens (including phenoxy) is 1. The van der Waals surface area contributed by atoms with E-state index >= 15 is 0 Å². The molecule has 2 heterocycles. The third-order valence-corrected chi connectivity index (χ3v) is 5.84. The van der Waals surface area contributed by atoms with Gasteiger partial charge in [-0.15, -0.1) is 0 Å². The number of aliphatic hydroxyl groups is 1. The highest BCUT2D eigenvalue weighted by molar-refractivity contribution is 5.94. The van der Waals surface area contributed by atoms with Crippen LogP contribution in [0.4, 0.5) is 11.6 Å². The molecule has 29 heavy (non-hydrogen) atoms. The van der Waals surface area contributed by atoms with Gasteiger partial charge in [0.2, 0.25) is 11.9 Å². The lowest BCUT2D eigenvalue weighted by Crippen LogP contribution is -2.51. The Morgan fingerprint density at radius 2 is 2.14 bits per heavy atom. The summed E-state index contributed by atoms with van der Waals surface area (Å²) in [6, 6.07) is 7.75. The highest BCUT2D eigenvalue weighted by Gasteiger charge is 2.47. The van der Waals surface area contributed by atoms with Crippen LogP contribution in [0.3, 0.4) is 0 Å². The lowest BCUT2D eigenvalue weighted by Gasteiger charge is -2.45. The Labute approximate surface area is 171 Å². The van der Waals surface area contributed by atoms with Crippen molar-refractivity contribution in [1.29, 1.82) is 0 Å². The number of anilines is 2. The first-order valence-electron chi connectivity index (χ1n) is 10.2. The van der Waals surface area contributed by atoms with E-state index in [1.165, 1.54) is 0 Å². The number of carbonyl (C=O) groups is 1. The van der Waals surface area contributed by atoms with Gasteiger partial charge in [-0.2, -0.15) is 0 Å². The maximum absolute atomic E-state index is 12.6. The van der Waals surface area contributed by atoms with Crippen LogP contribution in [0, 0.1) is 18.8 Å². The van der Waals surface area contributed by atoms with Crippen molar-refractivity contribution in [3.05, 3.63) is 41.7 Å². The van der Waals surface area contributed by atoms with Gasteiger partial charge in [0.15, 0.2) is 0 Å². The number of amides is 1. The predicted molar refractivity (Wildman–Crippen MR) is 111 cm³/mol. The molecule has 2 aromatic rings. The van der Waals surface area contributed by atoms with E-state index < -0.39 is 0 Å². The Bertz CT molecular complexity index is 899. The summed E-state index contributed by atoms with van der Waals surface area (Å²) in [5.41, 5.74) is 2.80. The Morgan fingerprint density at radius 3 is 2.79 bits per heavy atom. The number of fused-ring (bicyclic) bond motifs is 1. The van der Waals surface area contributed by atoms with Crippen molar-refractivity contribution < 1.29 is 14.6 Å².